The molecule has 1 atom stereocenters. The molecule has 1 unspecified atom stereocenters. The van der Waals surface area contributed by atoms with Gasteiger partial charge in [0.25, 0.3) is 0 Å². The van der Waals surface area contributed by atoms with Crippen LogP contribution in [0.1, 0.15) is 64.7 Å². The molecule has 0 aromatic heterocycles. The number of amides is 2. The summed E-state index contributed by atoms with van der Waals surface area (Å²) in [6.45, 7) is 2.66. The minimum absolute atomic E-state index is 0.0106. The highest BCUT2D eigenvalue weighted by atomic mass is 16.4. The quantitative estimate of drug-likeness (QED) is 0.570. The van der Waals surface area contributed by atoms with Crippen LogP contribution in [0.2, 0.25) is 0 Å². The van der Waals surface area contributed by atoms with E-state index in [1.54, 1.807) is 0 Å². The highest BCUT2D eigenvalue weighted by Crippen LogP contribution is 2.28. The second-order valence-electron chi connectivity index (χ2n) is 5.78. The maximum absolute atomic E-state index is 11.7. The molecule has 5 heteroatoms. The molecule has 1 rings (SSSR count). The Balaban J connectivity index is 2.11. The van der Waals surface area contributed by atoms with Crippen LogP contribution in [0.4, 0.5) is 4.79 Å². The SMILES string of the molecule is CCCC(CC(=O)O)NC(=O)NCCCC1CCCC1. The smallest absolute Gasteiger partial charge is 0.315 e. The van der Waals surface area contributed by atoms with Crippen LogP contribution in [0, 0.1) is 5.92 Å². The van der Waals surface area contributed by atoms with Gasteiger partial charge in [0.15, 0.2) is 0 Å². The van der Waals surface area contributed by atoms with Crippen LogP contribution in [-0.2, 0) is 4.79 Å². The molecule has 1 fully saturated rings. The van der Waals surface area contributed by atoms with Gasteiger partial charge in [-0.15, -0.1) is 0 Å². The molecule has 0 heterocycles. The number of urea groups is 1. The number of carboxylic acids is 1. The van der Waals surface area contributed by atoms with Crippen LogP contribution in [0.15, 0.2) is 0 Å². The summed E-state index contributed by atoms with van der Waals surface area (Å²) in [5, 5.41) is 14.4. The van der Waals surface area contributed by atoms with Gasteiger partial charge in [-0.3, -0.25) is 4.79 Å². The fraction of sp³-hybridized carbons (Fsp3) is 0.867. The molecule has 1 aliphatic rings. The number of rotatable bonds is 9. The Hall–Kier alpha value is -1.26. The number of hydrogen-bond donors (Lipinski definition) is 3. The van der Waals surface area contributed by atoms with Crippen molar-refractivity contribution < 1.29 is 14.7 Å². The van der Waals surface area contributed by atoms with Crippen molar-refractivity contribution in [2.45, 2.75) is 70.8 Å². The van der Waals surface area contributed by atoms with E-state index in [-0.39, 0.29) is 18.5 Å². The zero-order chi connectivity index (χ0) is 14.8. The van der Waals surface area contributed by atoms with Gasteiger partial charge in [0.2, 0.25) is 0 Å². The van der Waals surface area contributed by atoms with Crippen LogP contribution >= 0.6 is 0 Å². The Morgan fingerprint density at radius 3 is 2.60 bits per heavy atom. The molecule has 1 saturated carbocycles. The van der Waals surface area contributed by atoms with Gasteiger partial charge in [0.05, 0.1) is 6.42 Å². The second-order valence-corrected chi connectivity index (χ2v) is 5.78. The number of carbonyl (C=O) groups excluding carboxylic acids is 1. The molecule has 5 nitrogen and oxygen atoms in total. The number of carbonyl (C=O) groups is 2. The van der Waals surface area contributed by atoms with E-state index in [2.05, 4.69) is 10.6 Å². The molecular weight excluding hydrogens is 256 g/mol. The summed E-state index contributed by atoms with van der Waals surface area (Å²) >= 11 is 0. The maximum Gasteiger partial charge on any atom is 0.315 e. The van der Waals surface area contributed by atoms with Gasteiger partial charge in [-0.1, -0.05) is 39.0 Å². The Kier molecular flexibility index (Phi) is 8.07. The van der Waals surface area contributed by atoms with Crippen molar-refractivity contribution in [2.24, 2.45) is 5.92 Å². The number of hydrogen-bond acceptors (Lipinski definition) is 2. The summed E-state index contributed by atoms with van der Waals surface area (Å²) in [6.07, 6.45) is 9.12. The summed E-state index contributed by atoms with van der Waals surface area (Å²) in [5.41, 5.74) is 0. The molecule has 2 amide bonds. The lowest BCUT2D eigenvalue weighted by atomic mass is 10.0. The molecule has 0 radical (unpaired) electrons. The Labute approximate surface area is 121 Å². The first-order valence-corrected chi connectivity index (χ1v) is 7.88. The summed E-state index contributed by atoms with van der Waals surface area (Å²) in [6, 6.07) is -0.511. The van der Waals surface area contributed by atoms with E-state index in [0.717, 1.165) is 18.8 Å². The van der Waals surface area contributed by atoms with Crippen LogP contribution in [-0.4, -0.2) is 29.7 Å². The first kappa shape index (κ1) is 16.8. The van der Waals surface area contributed by atoms with Gasteiger partial charge in [-0.25, -0.2) is 4.79 Å². The molecule has 0 aromatic rings. The Morgan fingerprint density at radius 1 is 1.30 bits per heavy atom. The average molecular weight is 284 g/mol. The summed E-state index contributed by atoms with van der Waals surface area (Å²) in [7, 11) is 0. The van der Waals surface area contributed by atoms with E-state index in [9.17, 15) is 9.59 Å². The Bertz CT molecular complexity index is 301. The summed E-state index contributed by atoms with van der Waals surface area (Å²) in [4.78, 5) is 22.4. The molecule has 0 bridgehead atoms. The summed E-state index contributed by atoms with van der Waals surface area (Å²) < 4.78 is 0. The fourth-order valence-corrected chi connectivity index (χ4v) is 2.91. The number of aliphatic carboxylic acids is 1. The molecule has 0 aliphatic heterocycles. The monoisotopic (exact) mass is 284 g/mol. The standard InChI is InChI=1S/C15H28N2O3/c1-2-6-13(11-14(18)19)17-15(20)16-10-5-9-12-7-3-4-8-12/h12-13H,2-11H2,1H3,(H,18,19)(H2,16,17,20). The second kappa shape index (κ2) is 9.61. The van der Waals surface area contributed by atoms with Gasteiger partial charge >= 0.3 is 12.0 Å². The molecule has 1 aliphatic carbocycles. The molecule has 0 aromatic carbocycles. The minimum atomic E-state index is -0.870. The maximum atomic E-state index is 11.7. The zero-order valence-corrected chi connectivity index (χ0v) is 12.5. The number of carboxylic acid groups (broad SMARTS) is 1. The lowest BCUT2D eigenvalue weighted by Gasteiger charge is -2.17. The van der Waals surface area contributed by atoms with Crippen molar-refractivity contribution in [3.63, 3.8) is 0 Å². The van der Waals surface area contributed by atoms with Gasteiger partial charge in [0.1, 0.15) is 0 Å². The van der Waals surface area contributed by atoms with E-state index < -0.39 is 5.97 Å². The predicted molar refractivity (Wildman–Crippen MR) is 78.7 cm³/mol. The van der Waals surface area contributed by atoms with E-state index >= 15 is 0 Å². The van der Waals surface area contributed by atoms with Gasteiger partial charge in [-0.2, -0.15) is 0 Å². The van der Waals surface area contributed by atoms with Crippen molar-refractivity contribution in [3.8, 4) is 0 Å². The molecule has 3 N–H and O–H groups in total. The predicted octanol–water partition coefficient (Wildman–Crippen LogP) is 2.90. The minimum Gasteiger partial charge on any atom is -0.481 e. The van der Waals surface area contributed by atoms with Crippen molar-refractivity contribution >= 4 is 12.0 Å². The lowest BCUT2D eigenvalue weighted by Crippen LogP contribution is -2.43. The van der Waals surface area contributed by atoms with Crippen molar-refractivity contribution in [1.82, 2.24) is 10.6 Å². The normalized spacial score (nSPS) is 16.9. The molecular formula is C15H28N2O3. The number of nitrogens with one attached hydrogen (secondary N) is 2. The third-order valence-electron chi connectivity index (χ3n) is 3.94. The average Bonchev–Trinajstić information content (AvgIpc) is 2.87. The third kappa shape index (κ3) is 7.36. The highest BCUT2D eigenvalue weighted by Gasteiger charge is 2.16. The first-order chi connectivity index (χ1) is 9.61. The largest absolute Gasteiger partial charge is 0.481 e. The molecule has 0 spiro atoms. The van der Waals surface area contributed by atoms with Crippen molar-refractivity contribution in [3.05, 3.63) is 0 Å². The van der Waals surface area contributed by atoms with E-state index in [1.807, 2.05) is 6.92 Å². The Morgan fingerprint density at radius 2 is 2.00 bits per heavy atom. The van der Waals surface area contributed by atoms with Gasteiger partial charge < -0.3 is 15.7 Å². The van der Waals surface area contributed by atoms with Crippen molar-refractivity contribution in [2.75, 3.05) is 6.54 Å². The highest BCUT2D eigenvalue weighted by molar-refractivity contribution is 5.75. The van der Waals surface area contributed by atoms with Crippen LogP contribution in [0.25, 0.3) is 0 Å². The molecule has 0 saturated heterocycles. The third-order valence-corrected chi connectivity index (χ3v) is 3.94. The van der Waals surface area contributed by atoms with Gasteiger partial charge in [0, 0.05) is 12.6 Å². The van der Waals surface area contributed by atoms with Crippen LogP contribution in [0.5, 0.6) is 0 Å². The summed E-state index contributed by atoms with van der Waals surface area (Å²) in [5.74, 6) is -0.0234. The van der Waals surface area contributed by atoms with E-state index in [1.165, 1.54) is 32.1 Å². The lowest BCUT2D eigenvalue weighted by molar-refractivity contribution is -0.137. The fourth-order valence-electron chi connectivity index (χ4n) is 2.91. The van der Waals surface area contributed by atoms with E-state index in [0.29, 0.717) is 13.0 Å². The first-order valence-electron chi connectivity index (χ1n) is 7.88. The topological polar surface area (TPSA) is 78.4 Å². The molecule has 116 valence electrons. The van der Waals surface area contributed by atoms with Crippen LogP contribution < -0.4 is 10.6 Å². The zero-order valence-electron chi connectivity index (χ0n) is 12.5. The molecule has 20 heavy (non-hydrogen) atoms. The van der Waals surface area contributed by atoms with Gasteiger partial charge in [-0.05, 0) is 25.2 Å². The van der Waals surface area contributed by atoms with E-state index in [4.69, 9.17) is 5.11 Å². The van der Waals surface area contributed by atoms with Crippen molar-refractivity contribution in [1.29, 1.82) is 0 Å². The van der Waals surface area contributed by atoms with Crippen LogP contribution in [0.3, 0.4) is 0 Å².